The first kappa shape index (κ1) is 11.6. The molecule has 0 amide bonds. The number of piperidine rings is 1. The Labute approximate surface area is 98.4 Å². The van der Waals surface area contributed by atoms with E-state index in [1.807, 2.05) is 0 Å². The first-order valence-electron chi connectivity index (χ1n) is 6.30. The Hall–Kier alpha value is -0.860. The average Bonchev–Trinajstić information content (AvgIpc) is 2.39. The third kappa shape index (κ3) is 2.63. The van der Waals surface area contributed by atoms with Gasteiger partial charge in [-0.1, -0.05) is 30.3 Å². The molecule has 1 unspecified atom stereocenters. The lowest BCUT2D eigenvalue weighted by molar-refractivity contribution is 0.143. The summed E-state index contributed by atoms with van der Waals surface area (Å²) in [4.78, 5) is 2.57. The molecule has 2 N–H and O–H groups in total. The Morgan fingerprint density at radius 1 is 1.25 bits per heavy atom. The molecule has 0 saturated carbocycles. The highest BCUT2D eigenvalue weighted by Crippen LogP contribution is 2.25. The van der Waals surface area contributed by atoms with Crippen LogP contribution in [0, 0.1) is 5.92 Å². The SMILES string of the molecule is CC(c1ccccc1)N1CCC(CN)CC1. The first-order chi connectivity index (χ1) is 7.81. The van der Waals surface area contributed by atoms with Gasteiger partial charge >= 0.3 is 0 Å². The lowest BCUT2D eigenvalue weighted by atomic mass is 9.95. The summed E-state index contributed by atoms with van der Waals surface area (Å²) in [6.45, 7) is 5.54. The van der Waals surface area contributed by atoms with Gasteiger partial charge in [-0.15, -0.1) is 0 Å². The van der Waals surface area contributed by atoms with E-state index >= 15 is 0 Å². The number of benzene rings is 1. The number of nitrogens with two attached hydrogens (primary N) is 1. The summed E-state index contributed by atoms with van der Waals surface area (Å²) in [5, 5.41) is 0. The van der Waals surface area contributed by atoms with Crippen molar-refractivity contribution in [3.63, 3.8) is 0 Å². The van der Waals surface area contributed by atoms with Gasteiger partial charge in [0.2, 0.25) is 0 Å². The third-order valence-electron chi connectivity index (χ3n) is 3.81. The fourth-order valence-electron chi connectivity index (χ4n) is 2.52. The molecule has 0 aliphatic carbocycles. The second-order valence-electron chi connectivity index (χ2n) is 4.80. The highest BCUT2D eigenvalue weighted by atomic mass is 15.2. The number of nitrogens with zero attached hydrogens (tertiary/aromatic N) is 1. The summed E-state index contributed by atoms with van der Waals surface area (Å²) in [7, 11) is 0. The maximum absolute atomic E-state index is 5.72. The van der Waals surface area contributed by atoms with Gasteiger partial charge in [0, 0.05) is 6.04 Å². The van der Waals surface area contributed by atoms with E-state index in [0.29, 0.717) is 6.04 Å². The van der Waals surface area contributed by atoms with Gasteiger partial charge in [0.15, 0.2) is 0 Å². The Kier molecular flexibility index (Phi) is 3.97. The van der Waals surface area contributed by atoms with E-state index in [1.165, 1.54) is 31.5 Å². The van der Waals surface area contributed by atoms with Crippen LogP contribution in [0.5, 0.6) is 0 Å². The molecule has 16 heavy (non-hydrogen) atoms. The fourth-order valence-corrected chi connectivity index (χ4v) is 2.52. The molecule has 0 radical (unpaired) electrons. The van der Waals surface area contributed by atoms with Gasteiger partial charge in [-0.05, 0) is 50.9 Å². The minimum atomic E-state index is 0.542. The van der Waals surface area contributed by atoms with Crippen LogP contribution in [0.25, 0.3) is 0 Å². The van der Waals surface area contributed by atoms with Crippen molar-refractivity contribution in [2.75, 3.05) is 19.6 Å². The fraction of sp³-hybridized carbons (Fsp3) is 0.571. The van der Waals surface area contributed by atoms with E-state index in [1.54, 1.807) is 0 Å². The second-order valence-corrected chi connectivity index (χ2v) is 4.80. The van der Waals surface area contributed by atoms with Gasteiger partial charge in [-0.25, -0.2) is 0 Å². The van der Waals surface area contributed by atoms with Crippen LogP contribution in [0.1, 0.15) is 31.4 Å². The van der Waals surface area contributed by atoms with Crippen LogP contribution in [-0.2, 0) is 0 Å². The number of hydrogen-bond donors (Lipinski definition) is 1. The van der Waals surface area contributed by atoms with Gasteiger partial charge in [0.1, 0.15) is 0 Å². The molecular formula is C14H22N2. The van der Waals surface area contributed by atoms with Crippen molar-refractivity contribution in [2.24, 2.45) is 11.7 Å². The highest BCUT2D eigenvalue weighted by molar-refractivity contribution is 5.18. The molecule has 1 saturated heterocycles. The predicted octanol–water partition coefficient (Wildman–Crippen LogP) is 2.42. The van der Waals surface area contributed by atoms with E-state index in [2.05, 4.69) is 42.2 Å². The largest absolute Gasteiger partial charge is 0.330 e. The van der Waals surface area contributed by atoms with Crippen molar-refractivity contribution in [1.82, 2.24) is 4.90 Å². The molecule has 1 heterocycles. The van der Waals surface area contributed by atoms with E-state index < -0.39 is 0 Å². The Morgan fingerprint density at radius 3 is 2.44 bits per heavy atom. The van der Waals surface area contributed by atoms with Gasteiger partial charge in [-0.3, -0.25) is 4.90 Å². The number of rotatable bonds is 3. The molecule has 2 nitrogen and oxygen atoms in total. The molecule has 1 aromatic carbocycles. The van der Waals surface area contributed by atoms with Gasteiger partial charge in [0.25, 0.3) is 0 Å². The molecule has 2 rings (SSSR count). The molecular weight excluding hydrogens is 196 g/mol. The number of likely N-dealkylation sites (tertiary alicyclic amines) is 1. The van der Waals surface area contributed by atoms with Crippen molar-refractivity contribution in [3.05, 3.63) is 35.9 Å². The summed E-state index contributed by atoms with van der Waals surface area (Å²) in [5.74, 6) is 0.749. The first-order valence-corrected chi connectivity index (χ1v) is 6.30. The summed E-state index contributed by atoms with van der Waals surface area (Å²) < 4.78 is 0. The van der Waals surface area contributed by atoms with Crippen LogP contribution < -0.4 is 5.73 Å². The van der Waals surface area contributed by atoms with Crippen LogP contribution in [-0.4, -0.2) is 24.5 Å². The minimum absolute atomic E-state index is 0.542. The molecule has 88 valence electrons. The zero-order chi connectivity index (χ0) is 11.4. The molecule has 0 spiro atoms. The standard InChI is InChI=1S/C14H22N2/c1-12(14-5-3-2-4-6-14)16-9-7-13(11-15)8-10-16/h2-6,12-13H,7-11,15H2,1H3. The average molecular weight is 218 g/mol. The Bertz CT molecular complexity index is 302. The molecule has 1 fully saturated rings. The topological polar surface area (TPSA) is 29.3 Å². The summed E-state index contributed by atoms with van der Waals surface area (Å²) in [6.07, 6.45) is 2.52. The smallest absolute Gasteiger partial charge is 0.0319 e. The minimum Gasteiger partial charge on any atom is -0.330 e. The molecule has 1 atom stereocenters. The summed E-state index contributed by atoms with van der Waals surface area (Å²) >= 11 is 0. The van der Waals surface area contributed by atoms with E-state index in [-0.39, 0.29) is 0 Å². The zero-order valence-electron chi connectivity index (χ0n) is 10.1. The lowest BCUT2D eigenvalue weighted by Crippen LogP contribution is -2.37. The maximum atomic E-state index is 5.72. The van der Waals surface area contributed by atoms with Crippen molar-refractivity contribution in [1.29, 1.82) is 0 Å². The molecule has 1 aromatic rings. The number of hydrogen-bond acceptors (Lipinski definition) is 2. The van der Waals surface area contributed by atoms with E-state index in [9.17, 15) is 0 Å². The maximum Gasteiger partial charge on any atom is 0.0319 e. The van der Waals surface area contributed by atoms with Crippen molar-refractivity contribution in [2.45, 2.75) is 25.8 Å². The normalized spacial score (nSPS) is 20.9. The van der Waals surface area contributed by atoms with Crippen LogP contribution in [0.15, 0.2) is 30.3 Å². The van der Waals surface area contributed by atoms with Gasteiger partial charge in [0.05, 0.1) is 0 Å². The van der Waals surface area contributed by atoms with Crippen LogP contribution in [0.3, 0.4) is 0 Å². The van der Waals surface area contributed by atoms with Crippen molar-refractivity contribution >= 4 is 0 Å². The quantitative estimate of drug-likeness (QED) is 0.844. The van der Waals surface area contributed by atoms with E-state index in [0.717, 1.165) is 12.5 Å². The van der Waals surface area contributed by atoms with Gasteiger partial charge < -0.3 is 5.73 Å². The van der Waals surface area contributed by atoms with Crippen LogP contribution in [0.2, 0.25) is 0 Å². The summed E-state index contributed by atoms with van der Waals surface area (Å²) in [6, 6.07) is 11.3. The monoisotopic (exact) mass is 218 g/mol. The lowest BCUT2D eigenvalue weighted by Gasteiger charge is -2.35. The van der Waals surface area contributed by atoms with Crippen molar-refractivity contribution < 1.29 is 0 Å². The molecule has 0 aromatic heterocycles. The Balaban J connectivity index is 1.94. The van der Waals surface area contributed by atoms with Crippen LogP contribution in [0.4, 0.5) is 0 Å². The summed E-state index contributed by atoms with van der Waals surface area (Å²) in [5.41, 5.74) is 7.14. The van der Waals surface area contributed by atoms with Crippen LogP contribution >= 0.6 is 0 Å². The zero-order valence-corrected chi connectivity index (χ0v) is 10.1. The predicted molar refractivity (Wildman–Crippen MR) is 68.2 cm³/mol. The highest BCUT2D eigenvalue weighted by Gasteiger charge is 2.22. The third-order valence-corrected chi connectivity index (χ3v) is 3.81. The molecule has 1 aliphatic rings. The second kappa shape index (κ2) is 5.46. The van der Waals surface area contributed by atoms with Crippen molar-refractivity contribution in [3.8, 4) is 0 Å². The Morgan fingerprint density at radius 2 is 1.88 bits per heavy atom. The van der Waals surface area contributed by atoms with E-state index in [4.69, 9.17) is 5.73 Å². The molecule has 1 aliphatic heterocycles. The molecule has 0 bridgehead atoms. The van der Waals surface area contributed by atoms with Gasteiger partial charge in [-0.2, -0.15) is 0 Å². The molecule has 2 heteroatoms.